The number of anilines is 1. The second-order valence-electron chi connectivity index (χ2n) is 5.14. The molecule has 116 valence electrons. The van der Waals surface area contributed by atoms with Gasteiger partial charge in [0.05, 0.1) is 17.1 Å². The summed E-state index contributed by atoms with van der Waals surface area (Å²) in [6.07, 6.45) is 0.209. The second-order valence-corrected chi connectivity index (χ2v) is 7.42. The van der Waals surface area contributed by atoms with Crippen molar-refractivity contribution in [3.05, 3.63) is 59.7 Å². The number of carbonyl (C=O) groups excluding carboxylic acids is 1. The van der Waals surface area contributed by atoms with Gasteiger partial charge in [-0.1, -0.05) is 36.8 Å². The third-order valence-corrected chi connectivity index (χ3v) is 5.11. The van der Waals surface area contributed by atoms with Gasteiger partial charge in [0, 0.05) is 5.69 Å². The lowest BCUT2D eigenvalue weighted by Gasteiger charge is -2.07. The van der Waals surface area contributed by atoms with E-state index in [0.29, 0.717) is 0 Å². The molecule has 2 aromatic rings. The Morgan fingerprint density at radius 3 is 2.14 bits per heavy atom. The zero-order valence-corrected chi connectivity index (χ0v) is 13.5. The van der Waals surface area contributed by atoms with Crippen molar-refractivity contribution in [2.24, 2.45) is 0 Å². The van der Waals surface area contributed by atoms with Crippen molar-refractivity contribution in [2.75, 3.05) is 11.1 Å². The summed E-state index contributed by atoms with van der Waals surface area (Å²) < 4.78 is 23.4. The molecule has 0 fully saturated rings. The molecule has 0 spiro atoms. The van der Waals surface area contributed by atoms with E-state index < -0.39 is 9.84 Å². The molecular weight excluding hydrogens is 298 g/mol. The Labute approximate surface area is 131 Å². The van der Waals surface area contributed by atoms with E-state index in [1.165, 1.54) is 0 Å². The van der Waals surface area contributed by atoms with Crippen LogP contribution >= 0.6 is 0 Å². The van der Waals surface area contributed by atoms with Crippen LogP contribution in [0.1, 0.15) is 18.1 Å². The third-order valence-electron chi connectivity index (χ3n) is 3.36. The Morgan fingerprint density at radius 1 is 1.00 bits per heavy atom. The molecule has 0 aliphatic heterocycles. The summed E-state index contributed by atoms with van der Waals surface area (Å²) in [5.74, 6) is -0.0600. The maximum absolute atomic E-state index is 12.0. The van der Waals surface area contributed by atoms with E-state index in [4.69, 9.17) is 0 Å². The first-order chi connectivity index (χ1) is 10.4. The molecule has 0 saturated carbocycles. The number of amides is 1. The fraction of sp³-hybridized carbons (Fsp3) is 0.235. The lowest BCUT2D eigenvalue weighted by Crippen LogP contribution is -2.14. The van der Waals surface area contributed by atoms with Crippen LogP contribution in [0.4, 0.5) is 5.69 Å². The van der Waals surface area contributed by atoms with Crippen LogP contribution in [0.3, 0.4) is 0 Å². The van der Waals surface area contributed by atoms with Crippen LogP contribution in [0.25, 0.3) is 0 Å². The molecule has 1 amide bonds. The molecule has 0 unspecified atom stereocenters. The van der Waals surface area contributed by atoms with Crippen LogP contribution in [-0.4, -0.2) is 20.1 Å². The van der Waals surface area contributed by atoms with Crippen molar-refractivity contribution in [2.45, 2.75) is 25.2 Å². The van der Waals surface area contributed by atoms with Gasteiger partial charge in [0.15, 0.2) is 9.84 Å². The van der Waals surface area contributed by atoms with Gasteiger partial charge >= 0.3 is 0 Å². The molecule has 5 heteroatoms. The van der Waals surface area contributed by atoms with Crippen LogP contribution in [0.2, 0.25) is 0 Å². The zero-order chi connectivity index (χ0) is 16.2. The van der Waals surface area contributed by atoms with Gasteiger partial charge in [-0.05, 0) is 36.8 Å². The van der Waals surface area contributed by atoms with Gasteiger partial charge in [-0.15, -0.1) is 0 Å². The maximum Gasteiger partial charge on any atom is 0.228 e. The highest BCUT2D eigenvalue weighted by Crippen LogP contribution is 2.14. The number of carbonyl (C=O) groups is 1. The Hall–Kier alpha value is -2.14. The minimum absolute atomic E-state index is 0.0697. The molecule has 4 nitrogen and oxygen atoms in total. The van der Waals surface area contributed by atoms with E-state index in [1.54, 1.807) is 31.2 Å². The molecule has 0 heterocycles. The first kappa shape index (κ1) is 16.2. The monoisotopic (exact) mass is 317 g/mol. The molecule has 0 aliphatic rings. The highest BCUT2D eigenvalue weighted by molar-refractivity contribution is 7.91. The summed E-state index contributed by atoms with van der Waals surface area (Å²) in [4.78, 5) is 12.3. The van der Waals surface area contributed by atoms with Gasteiger partial charge < -0.3 is 5.32 Å². The topological polar surface area (TPSA) is 63.2 Å². The lowest BCUT2D eigenvalue weighted by atomic mass is 10.1. The summed E-state index contributed by atoms with van der Waals surface area (Å²) in [6.45, 7) is 3.59. The number of hydrogen-bond acceptors (Lipinski definition) is 3. The van der Waals surface area contributed by atoms with Crippen molar-refractivity contribution in [1.82, 2.24) is 0 Å². The lowest BCUT2D eigenvalue weighted by molar-refractivity contribution is -0.115. The van der Waals surface area contributed by atoms with Gasteiger partial charge in [-0.3, -0.25) is 4.79 Å². The van der Waals surface area contributed by atoms with Crippen LogP contribution in [-0.2, 0) is 21.1 Å². The number of nitrogens with one attached hydrogen (secondary N) is 1. The van der Waals surface area contributed by atoms with Gasteiger partial charge in [0.2, 0.25) is 5.91 Å². The van der Waals surface area contributed by atoms with Gasteiger partial charge in [0.1, 0.15) is 0 Å². The van der Waals surface area contributed by atoms with Gasteiger partial charge in [-0.2, -0.15) is 0 Å². The summed E-state index contributed by atoms with van der Waals surface area (Å²) in [7, 11) is -3.20. The Morgan fingerprint density at radius 2 is 1.59 bits per heavy atom. The molecule has 0 bridgehead atoms. The van der Waals surface area contributed by atoms with Crippen molar-refractivity contribution >= 4 is 21.4 Å². The molecule has 2 aromatic carbocycles. The van der Waals surface area contributed by atoms with Crippen LogP contribution < -0.4 is 5.32 Å². The molecule has 2 rings (SSSR count). The van der Waals surface area contributed by atoms with Crippen LogP contribution in [0.5, 0.6) is 0 Å². The summed E-state index contributed by atoms with van der Waals surface area (Å²) in [6, 6.07) is 14.0. The predicted molar refractivity (Wildman–Crippen MR) is 87.7 cm³/mol. The Balaban J connectivity index is 2.01. The molecule has 0 saturated heterocycles. The highest BCUT2D eigenvalue weighted by atomic mass is 32.2. The fourth-order valence-electron chi connectivity index (χ4n) is 2.01. The minimum Gasteiger partial charge on any atom is -0.326 e. The van der Waals surface area contributed by atoms with E-state index in [-0.39, 0.29) is 23.0 Å². The van der Waals surface area contributed by atoms with Crippen molar-refractivity contribution in [3.63, 3.8) is 0 Å². The van der Waals surface area contributed by atoms with Crippen LogP contribution in [0, 0.1) is 6.92 Å². The number of benzene rings is 2. The van der Waals surface area contributed by atoms with E-state index in [1.807, 2.05) is 31.2 Å². The second kappa shape index (κ2) is 6.75. The number of aryl methyl sites for hydroxylation is 1. The molecule has 22 heavy (non-hydrogen) atoms. The number of hydrogen-bond donors (Lipinski definition) is 1. The summed E-state index contributed by atoms with van der Waals surface area (Å²) in [5, 5.41) is 2.82. The number of rotatable bonds is 5. The summed E-state index contributed by atoms with van der Waals surface area (Å²) in [5.41, 5.74) is 2.66. The summed E-state index contributed by atoms with van der Waals surface area (Å²) >= 11 is 0. The zero-order valence-electron chi connectivity index (χ0n) is 12.7. The van der Waals surface area contributed by atoms with E-state index >= 15 is 0 Å². The van der Waals surface area contributed by atoms with Crippen molar-refractivity contribution in [3.8, 4) is 0 Å². The average Bonchev–Trinajstić information content (AvgIpc) is 2.50. The van der Waals surface area contributed by atoms with Crippen molar-refractivity contribution < 1.29 is 13.2 Å². The molecule has 0 aliphatic carbocycles. The fourth-order valence-corrected chi connectivity index (χ4v) is 2.89. The van der Waals surface area contributed by atoms with Crippen molar-refractivity contribution in [1.29, 1.82) is 0 Å². The van der Waals surface area contributed by atoms with Crippen LogP contribution in [0.15, 0.2) is 53.4 Å². The molecular formula is C17H19NO3S. The third kappa shape index (κ3) is 4.18. The molecule has 0 atom stereocenters. The standard InChI is InChI=1S/C17H19NO3S/c1-3-22(20,21)16-10-6-14(7-11-16)12-17(19)18-15-8-4-13(2)5-9-15/h4-11H,3,12H2,1-2H3,(H,18,19). The largest absolute Gasteiger partial charge is 0.326 e. The average molecular weight is 317 g/mol. The van der Waals surface area contributed by atoms with E-state index in [2.05, 4.69) is 5.32 Å². The predicted octanol–water partition coefficient (Wildman–Crippen LogP) is 2.97. The first-order valence-corrected chi connectivity index (χ1v) is 8.74. The normalized spacial score (nSPS) is 11.2. The quantitative estimate of drug-likeness (QED) is 0.922. The SMILES string of the molecule is CCS(=O)(=O)c1ccc(CC(=O)Nc2ccc(C)cc2)cc1. The Kier molecular flexibility index (Phi) is 4.98. The van der Waals surface area contributed by atoms with Gasteiger partial charge in [-0.25, -0.2) is 8.42 Å². The minimum atomic E-state index is -3.20. The maximum atomic E-state index is 12.0. The molecule has 0 aromatic heterocycles. The molecule has 0 radical (unpaired) electrons. The van der Waals surface area contributed by atoms with E-state index in [9.17, 15) is 13.2 Å². The Bertz CT molecular complexity index is 747. The number of sulfone groups is 1. The van der Waals surface area contributed by atoms with Gasteiger partial charge in [0.25, 0.3) is 0 Å². The van der Waals surface area contributed by atoms with E-state index in [0.717, 1.165) is 16.8 Å². The molecule has 1 N–H and O–H groups in total. The highest BCUT2D eigenvalue weighted by Gasteiger charge is 2.11. The first-order valence-electron chi connectivity index (χ1n) is 7.09. The smallest absolute Gasteiger partial charge is 0.228 e.